The van der Waals surface area contributed by atoms with E-state index >= 15 is 0 Å². The van der Waals surface area contributed by atoms with Crippen LogP contribution in [0.2, 0.25) is 0 Å². The molecule has 100 valence electrons. The topological polar surface area (TPSA) is 43.6 Å². The zero-order valence-corrected chi connectivity index (χ0v) is 10.9. The third-order valence-corrected chi connectivity index (χ3v) is 3.01. The van der Waals surface area contributed by atoms with E-state index in [1.807, 2.05) is 37.3 Å². The molecule has 19 heavy (non-hydrogen) atoms. The number of furan rings is 1. The van der Waals surface area contributed by atoms with E-state index in [0.717, 1.165) is 35.1 Å². The standard InChI is InChI=1S/C15H17NO3/c1-11-3-5-13(19-11)10-16-12-4-6-14-15(9-12)18-8-2-7-17-14/h3-6,9,16H,2,7-8,10H2,1H3. The summed E-state index contributed by atoms with van der Waals surface area (Å²) in [5, 5.41) is 3.32. The molecule has 0 fully saturated rings. The summed E-state index contributed by atoms with van der Waals surface area (Å²) in [5.41, 5.74) is 0.998. The summed E-state index contributed by atoms with van der Waals surface area (Å²) in [6, 6.07) is 9.84. The molecule has 0 radical (unpaired) electrons. The van der Waals surface area contributed by atoms with Gasteiger partial charge in [0, 0.05) is 18.2 Å². The van der Waals surface area contributed by atoms with Crippen LogP contribution in [-0.4, -0.2) is 13.2 Å². The van der Waals surface area contributed by atoms with Crippen molar-refractivity contribution in [3.8, 4) is 11.5 Å². The van der Waals surface area contributed by atoms with Crippen molar-refractivity contribution in [2.24, 2.45) is 0 Å². The van der Waals surface area contributed by atoms with Gasteiger partial charge in [-0.15, -0.1) is 0 Å². The van der Waals surface area contributed by atoms with Crippen LogP contribution in [0.3, 0.4) is 0 Å². The van der Waals surface area contributed by atoms with Gasteiger partial charge in [-0.3, -0.25) is 0 Å². The molecule has 0 spiro atoms. The van der Waals surface area contributed by atoms with Gasteiger partial charge in [0.2, 0.25) is 0 Å². The lowest BCUT2D eigenvalue weighted by Crippen LogP contribution is -1.99. The number of fused-ring (bicyclic) bond motifs is 1. The van der Waals surface area contributed by atoms with E-state index in [9.17, 15) is 0 Å². The molecule has 0 aliphatic carbocycles. The summed E-state index contributed by atoms with van der Waals surface area (Å²) in [5.74, 6) is 3.47. The molecular formula is C15H17NO3. The molecular weight excluding hydrogens is 242 g/mol. The lowest BCUT2D eigenvalue weighted by atomic mass is 10.2. The van der Waals surface area contributed by atoms with Gasteiger partial charge in [0.05, 0.1) is 19.8 Å². The molecule has 0 atom stereocenters. The lowest BCUT2D eigenvalue weighted by Gasteiger charge is -2.10. The fourth-order valence-corrected chi connectivity index (χ4v) is 2.04. The summed E-state index contributed by atoms with van der Waals surface area (Å²) in [7, 11) is 0. The lowest BCUT2D eigenvalue weighted by molar-refractivity contribution is 0.297. The highest BCUT2D eigenvalue weighted by Crippen LogP contribution is 2.32. The van der Waals surface area contributed by atoms with Crippen molar-refractivity contribution in [3.63, 3.8) is 0 Å². The second-order valence-corrected chi connectivity index (χ2v) is 4.58. The fraction of sp³-hybridized carbons (Fsp3) is 0.333. The van der Waals surface area contributed by atoms with E-state index in [1.54, 1.807) is 0 Å². The Morgan fingerprint density at radius 1 is 1.05 bits per heavy atom. The van der Waals surface area contributed by atoms with Gasteiger partial charge in [0.25, 0.3) is 0 Å². The van der Waals surface area contributed by atoms with Gasteiger partial charge in [0.15, 0.2) is 11.5 Å². The number of benzene rings is 1. The average molecular weight is 259 g/mol. The van der Waals surface area contributed by atoms with E-state index in [0.29, 0.717) is 19.8 Å². The first-order valence-corrected chi connectivity index (χ1v) is 6.50. The number of rotatable bonds is 3. The molecule has 0 amide bonds. The second-order valence-electron chi connectivity index (χ2n) is 4.58. The van der Waals surface area contributed by atoms with Crippen molar-refractivity contribution < 1.29 is 13.9 Å². The molecule has 0 bridgehead atoms. The first kappa shape index (κ1) is 12.0. The van der Waals surface area contributed by atoms with Gasteiger partial charge in [-0.25, -0.2) is 0 Å². The minimum Gasteiger partial charge on any atom is -0.490 e. The fourth-order valence-electron chi connectivity index (χ4n) is 2.04. The van der Waals surface area contributed by atoms with Gasteiger partial charge >= 0.3 is 0 Å². The first-order valence-electron chi connectivity index (χ1n) is 6.50. The van der Waals surface area contributed by atoms with Crippen LogP contribution in [-0.2, 0) is 6.54 Å². The Morgan fingerprint density at radius 2 is 1.89 bits per heavy atom. The molecule has 3 rings (SSSR count). The quantitative estimate of drug-likeness (QED) is 0.917. The summed E-state index contributed by atoms with van der Waals surface area (Å²) in [6.45, 7) is 4.02. The molecule has 4 heteroatoms. The van der Waals surface area contributed by atoms with Crippen molar-refractivity contribution in [3.05, 3.63) is 41.9 Å². The van der Waals surface area contributed by atoms with E-state index in [4.69, 9.17) is 13.9 Å². The van der Waals surface area contributed by atoms with Crippen LogP contribution in [0.1, 0.15) is 17.9 Å². The SMILES string of the molecule is Cc1ccc(CNc2ccc3c(c2)OCCCO3)o1. The van der Waals surface area contributed by atoms with Gasteiger partial charge in [-0.2, -0.15) is 0 Å². The van der Waals surface area contributed by atoms with Crippen LogP contribution < -0.4 is 14.8 Å². The Morgan fingerprint density at radius 3 is 2.68 bits per heavy atom. The molecule has 2 aromatic rings. The molecule has 1 aliphatic rings. The molecule has 4 nitrogen and oxygen atoms in total. The number of anilines is 1. The Hall–Kier alpha value is -2.10. The van der Waals surface area contributed by atoms with Crippen LogP contribution in [0.15, 0.2) is 34.7 Å². The van der Waals surface area contributed by atoms with Crippen molar-refractivity contribution in [2.75, 3.05) is 18.5 Å². The van der Waals surface area contributed by atoms with Gasteiger partial charge < -0.3 is 19.2 Å². The highest BCUT2D eigenvalue weighted by molar-refractivity contribution is 5.55. The van der Waals surface area contributed by atoms with Gasteiger partial charge in [-0.05, 0) is 31.2 Å². The smallest absolute Gasteiger partial charge is 0.163 e. The second kappa shape index (κ2) is 5.26. The normalized spacial score (nSPS) is 13.9. The number of aryl methyl sites for hydroxylation is 1. The first-order chi connectivity index (χ1) is 9.31. The number of nitrogens with one attached hydrogen (secondary N) is 1. The summed E-state index contributed by atoms with van der Waals surface area (Å²) >= 11 is 0. The third kappa shape index (κ3) is 2.84. The highest BCUT2D eigenvalue weighted by atomic mass is 16.5. The maximum atomic E-state index is 5.66. The Labute approximate surface area is 112 Å². The third-order valence-electron chi connectivity index (χ3n) is 3.01. The summed E-state index contributed by atoms with van der Waals surface area (Å²) in [4.78, 5) is 0. The van der Waals surface area contributed by atoms with Gasteiger partial charge in [0.1, 0.15) is 11.5 Å². The number of hydrogen-bond donors (Lipinski definition) is 1. The molecule has 0 saturated carbocycles. The predicted molar refractivity (Wildman–Crippen MR) is 72.8 cm³/mol. The largest absolute Gasteiger partial charge is 0.490 e. The van der Waals surface area contributed by atoms with Crippen molar-refractivity contribution in [1.82, 2.24) is 0 Å². The Balaban J connectivity index is 1.69. The van der Waals surface area contributed by atoms with E-state index in [-0.39, 0.29) is 0 Å². The van der Waals surface area contributed by atoms with Crippen molar-refractivity contribution in [1.29, 1.82) is 0 Å². The van der Waals surface area contributed by atoms with E-state index in [1.165, 1.54) is 0 Å². The number of ether oxygens (including phenoxy) is 2. The van der Waals surface area contributed by atoms with Crippen LogP contribution in [0.5, 0.6) is 11.5 Å². The van der Waals surface area contributed by atoms with E-state index in [2.05, 4.69) is 5.32 Å². The molecule has 2 heterocycles. The predicted octanol–water partition coefficient (Wildman–Crippen LogP) is 3.36. The minimum absolute atomic E-state index is 0.660. The monoisotopic (exact) mass is 259 g/mol. The van der Waals surface area contributed by atoms with Crippen LogP contribution in [0.4, 0.5) is 5.69 Å². The average Bonchev–Trinajstić information content (AvgIpc) is 2.70. The van der Waals surface area contributed by atoms with Crippen LogP contribution >= 0.6 is 0 Å². The van der Waals surface area contributed by atoms with Crippen molar-refractivity contribution >= 4 is 5.69 Å². The zero-order valence-electron chi connectivity index (χ0n) is 10.9. The van der Waals surface area contributed by atoms with Crippen LogP contribution in [0.25, 0.3) is 0 Å². The van der Waals surface area contributed by atoms with Gasteiger partial charge in [-0.1, -0.05) is 0 Å². The Kier molecular flexibility index (Phi) is 3.31. The molecule has 1 aromatic carbocycles. The molecule has 1 N–H and O–H groups in total. The highest BCUT2D eigenvalue weighted by Gasteiger charge is 2.10. The molecule has 1 aromatic heterocycles. The maximum Gasteiger partial charge on any atom is 0.163 e. The summed E-state index contributed by atoms with van der Waals surface area (Å²) in [6.07, 6.45) is 0.920. The molecule has 0 saturated heterocycles. The van der Waals surface area contributed by atoms with E-state index < -0.39 is 0 Å². The minimum atomic E-state index is 0.660. The number of hydrogen-bond acceptors (Lipinski definition) is 4. The summed E-state index contributed by atoms with van der Waals surface area (Å²) < 4.78 is 16.8. The Bertz CT molecular complexity index is 562. The molecule has 1 aliphatic heterocycles. The molecule has 0 unspecified atom stereocenters. The maximum absolute atomic E-state index is 5.66. The van der Waals surface area contributed by atoms with Crippen molar-refractivity contribution in [2.45, 2.75) is 19.9 Å². The van der Waals surface area contributed by atoms with Crippen LogP contribution in [0, 0.1) is 6.92 Å². The zero-order chi connectivity index (χ0) is 13.1.